The number of hydrogen-bond acceptors (Lipinski definition) is 8. The van der Waals surface area contributed by atoms with Crippen molar-refractivity contribution in [1.29, 1.82) is 0 Å². The number of carbonyl (C=O) groups excluding carboxylic acids is 2. The Morgan fingerprint density at radius 1 is 1.08 bits per heavy atom. The predicted molar refractivity (Wildman–Crippen MR) is 133 cm³/mol. The van der Waals surface area contributed by atoms with Crippen LogP contribution in [-0.4, -0.2) is 33.7 Å². The largest absolute Gasteiger partial charge is 0.479 e. The Morgan fingerprint density at radius 3 is 2.57 bits per heavy atom. The average Bonchev–Trinajstić information content (AvgIpc) is 3.48. The summed E-state index contributed by atoms with van der Waals surface area (Å²) in [6.45, 7) is 3.79. The number of rotatable bonds is 9. The van der Waals surface area contributed by atoms with Crippen LogP contribution in [0, 0.1) is 24.0 Å². The molecule has 0 aliphatic heterocycles. The SMILES string of the molecule is COC(=O)c1ccccc1Cn1nc(C)c(NC(=O)c2ccc(COc3ccccc3[N+](=O)[O-])o2)c1C. The van der Waals surface area contributed by atoms with Gasteiger partial charge in [0, 0.05) is 6.07 Å². The van der Waals surface area contributed by atoms with E-state index in [0.29, 0.717) is 34.9 Å². The van der Waals surface area contributed by atoms with Crippen LogP contribution < -0.4 is 10.1 Å². The Morgan fingerprint density at radius 2 is 1.81 bits per heavy atom. The van der Waals surface area contributed by atoms with E-state index >= 15 is 0 Å². The molecule has 0 spiro atoms. The van der Waals surface area contributed by atoms with E-state index in [0.717, 1.165) is 5.56 Å². The highest BCUT2D eigenvalue weighted by molar-refractivity contribution is 6.03. The topological polar surface area (TPSA) is 139 Å². The van der Waals surface area contributed by atoms with Gasteiger partial charge in [-0.05, 0) is 43.7 Å². The smallest absolute Gasteiger partial charge is 0.338 e. The molecule has 4 aromatic rings. The van der Waals surface area contributed by atoms with Gasteiger partial charge in [0.05, 0.1) is 41.2 Å². The minimum Gasteiger partial charge on any atom is -0.479 e. The molecule has 190 valence electrons. The normalized spacial score (nSPS) is 10.7. The number of amides is 1. The fourth-order valence-corrected chi connectivity index (χ4v) is 3.79. The van der Waals surface area contributed by atoms with Crippen molar-refractivity contribution in [1.82, 2.24) is 9.78 Å². The monoisotopic (exact) mass is 504 g/mol. The van der Waals surface area contributed by atoms with Crippen LogP contribution in [0.1, 0.15) is 43.6 Å². The summed E-state index contributed by atoms with van der Waals surface area (Å²) in [6.07, 6.45) is 0. The summed E-state index contributed by atoms with van der Waals surface area (Å²) in [4.78, 5) is 35.6. The third kappa shape index (κ3) is 5.50. The lowest BCUT2D eigenvalue weighted by atomic mass is 10.1. The van der Waals surface area contributed by atoms with E-state index in [1.807, 2.05) is 19.1 Å². The number of ether oxygens (including phenoxy) is 2. The molecule has 0 atom stereocenters. The first-order valence-corrected chi connectivity index (χ1v) is 11.2. The lowest BCUT2D eigenvalue weighted by Gasteiger charge is -2.10. The molecular formula is C26H24N4O7. The zero-order valence-electron chi connectivity index (χ0n) is 20.4. The van der Waals surface area contributed by atoms with Gasteiger partial charge >= 0.3 is 11.7 Å². The molecular weight excluding hydrogens is 480 g/mol. The predicted octanol–water partition coefficient (Wildman–Crippen LogP) is 4.67. The van der Waals surface area contributed by atoms with Crippen molar-refractivity contribution in [3.63, 3.8) is 0 Å². The number of nitro benzene ring substituents is 1. The fourth-order valence-electron chi connectivity index (χ4n) is 3.79. The van der Waals surface area contributed by atoms with Crippen LogP contribution in [0.5, 0.6) is 5.75 Å². The minimum absolute atomic E-state index is 0.0451. The Hall–Kier alpha value is -4.93. The summed E-state index contributed by atoms with van der Waals surface area (Å²) >= 11 is 0. The lowest BCUT2D eigenvalue weighted by Crippen LogP contribution is -2.13. The van der Waals surface area contributed by atoms with Gasteiger partial charge < -0.3 is 19.2 Å². The first-order chi connectivity index (χ1) is 17.8. The standard InChI is InChI=1S/C26H24N4O7/c1-16-24(17(2)29(28-16)14-18-8-4-5-9-20(18)26(32)35-3)27-25(31)23-13-12-19(37-23)15-36-22-11-7-6-10-21(22)30(33)34/h4-13H,14-15H2,1-3H3,(H,27,31). The van der Waals surface area contributed by atoms with E-state index in [1.165, 1.54) is 25.3 Å². The first kappa shape index (κ1) is 25.2. The molecule has 4 rings (SSSR count). The van der Waals surface area contributed by atoms with Crippen molar-refractivity contribution >= 4 is 23.3 Å². The van der Waals surface area contributed by atoms with Crippen molar-refractivity contribution < 1.29 is 28.4 Å². The van der Waals surface area contributed by atoms with Crippen molar-refractivity contribution in [3.05, 3.63) is 105 Å². The maximum Gasteiger partial charge on any atom is 0.338 e. The molecule has 0 aliphatic rings. The number of aromatic nitrogens is 2. The number of methoxy groups -OCH3 is 1. The van der Waals surface area contributed by atoms with Crippen LogP contribution in [0.3, 0.4) is 0 Å². The summed E-state index contributed by atoms with van der Waals surface area (Å²) in [5.41, 5.74) is 2.81. The Balaban J connectivity index is 1.45. The van der Waals surface area contributed by atoms with Crippen LogP contribution in [0.15, 0.2) is 65.1 Å². The molecule has 0 radical (unpaired) electrons. The highest BCUT2D eigenvalue weighted by atomic mass is 16.6. The van der Waals surface area contributed by atoms with Crippen molar-refractivity contribution in [2.24, 2.45) is 0 Å². The number of benzene rings is 2. The molecule has 11 heteroatoms. The van der Waals surface area contributed by atoms with Gasteiger partial charge in [0.15, 0.2) is 11.5 Å². The van der Waals surface area contributed by atoms with Crippen molar-refractivity contribution in [2.45, 2.75) is 27.0 Å². The molecule has 1 amide bonds. The summed E-state index contributed by atoms with van der Waals surface area (Å²) in [5, 5.41) is 18.5. The zero-order chi connectivity index (χ0) is 26.5. The van der Waals surface area contributed by atoms with Crippen LogP contribution >= 0.6 is 0 Å². The molecule has 1 N–H and O–H groups in total. The number of para-hydroxylation sites is 2. The molecule has 0 saturated heterocycles. The maximum absolute atomic E-state index is 12.9. The Kier molecular flexibility index (Phi) is 7.33. The number of aryl methyl sites for hydroxylation is 1. The van der Waals surface area contributed by atoms with Crippen LogP contribution in [-0.2, 0) is 17.9 Å². The van der Waals surface area contributed by atoms with E-state index in [-0.39, 0.29) is 23.8 Å². The van der Waals surface area contributed by atoms with Gasteiger partial charge in [0.25, 0.3) is 5.91 Å². The molecule has 0 saturated carbocycles. The van der Waals surface area contributed by atoms with E-state index in [4.69, 9.17) is 13.9 Å². The van der Waals surface area contributed by atoms with Crippen LogP contribution in [0.2, 0.25) is 0 Å². The Labute approximate surface area is 211 Å². The molecule has 11 nitrogen and oxygen atoms in total. The van der Waals surface area contributed by atoms with Gasteiger partial charge in [-0.2, -0.15) is 5.10 Å². The second-order valence-electron chi connectivity index (χ2n) is 8.09. The Bertz CT molecular complexity index is 1470. The van der Waals surface area contributed by atoms with Gasteiger partial charge in [0.2, 0.25) is 0 Å². The molecule has 2 aromatic heterocycles. The highest BCUT2D eigenvalue weighted by Crippen LogP contribution is 2.27. The second-order valence-corrected chi connectivity index (χ2v) is 8.09. The van der Waals surface area contributed by atoms with Gasteiger partial charge in [-0.1, -0.05) is 30.3 Å². The quantitative estimate of drug-likeness (QED) is 0.197. The second kappa shape index (κ2) is 10.8. The van der Waals surface area contributed by atoms with Crippen molar-refractivity contribution in [3.8, 4) is 5.75 Å². The van der Waals surface area contributed by atoms with Gasteiger partial charge in [-0.25, -0.2) is 4.79 Å². The summed E-state index contributed by atoms with van der Waals surface area (Å²) in [7, 11) is 1.33. The van der Waals surface area contributed by atoms with E-state index in [1.54, 1.807) is 41.9 Å². The number of carbonyl (C=O) groups is 2. The number of hydrogen-bond donors (Lipinski definition) is 1. The van der Waals surface area contributed by atoms with Crippen LogP contribution in [0.25, 0.3) is 0 Å². The van der Waals surface area contributed by atoms with Crippen LogP contribution in [0.4, 0.5) is 11.4 Å². The molecule has 2 aromatic carbocycles. The zero-order valence-corrected chi connectivity index (χ0v) is 20.4. The summed E-state index contributed by atoms with van der Waals surface area (Å²) in [5.74, 6) is -0.458. The average molecular weight is 504 g/mol. The fraction of sp³-hybridized carbons (Fsp3) is 0.192. The van der Waals surface area contributed by atoms with Gasteiger partial charge in [0.1, 0.15) is 12.4 Å². The van der Waals surface area contributed by atoms with E-state index in [9.17, 15) is 19.7 Å². The lowest BCUT2D eigenvalue weighted by molar-refractivity contribution is -0.386. The molecule has 0 bridgehead atoms. The minimum atomic E-state index is -0.533. The van der Waals surface area contributed by atoms with E-state index in [2.05, 4.69) is 10.4 Å². The summed E-state index contributed by atoms with van der Waals surface area (Å²) in [6, 6.07) is 16.1. The van der Waals surface area contributed by atoms with Gasteiger partial charge in [-0.15, -0.1) is 0 Å². The number of nitrogens with one attached hydrogen (secondary N) is 1. The maximum atomic E-state index is 12.9. The number of esters is 1. The molecule has 2 heterocycles. The molecule has 0 aliphatic carbocycles. The highest BCUT2D eigenvalue weighted by Gasteiger charge is 2.20. The third-order valence-corrected chi connectivity index (χ3v) is 5.68. The summed E-state index contributed by atoms with van der Waals surface area (Å²) < 4.78 is 17.7. The molecule has 37 heavy (non-hydrogen) atoms. The van der Waals surface area contributed by atoms with Crippen molar-refractivity contribution in [2.75, 3.05) is 12.4 Å². The van der Waals surface area contributed by atoms with E-state index < -0.39 is 16.8 Å². The number of nitrogens with zero attached hydrogens (tertiary/aromatic N) is 3. The number of nitro groups is 1. The first-order valence-electron chi connectivity index (χ1n) is 11.2. The van der Waals surface area contributed by atoms with Gasteiger partial charge in [-0.3, -0.25) is 19.6 Å². The third-order valence-electron chi connectivity index (χ3n) is 5.68. The molecule has 0 unspecified atom stereocenters. The molecule has 0 fully saturated rings. The number of anilines is 1. The number of furan rings is 1.